The number of Topliss-reactive ketones (excluding diaryl/α,β-unsaturated/α-hetero) is 1. The van der Waals surface area contributed by atoms with Crippen LogP contribution in [-0.2, 0) is 9.53 Å². The molecule has 0 aromatic carbocycles. The first-order chi connectivity index (χ1) is 5.81. The number of unbranched alkanes of at least 4 members (excludes halogenated alkanes) is 1. The summed E-state index contributed by atoms with van der Waals surface area (Å²) in [5.74, 6) is 2.57. The molecule has 0 spiro atoms. The molecule has 0 aromatic rings. The molecule has 72 valence electrons. The Morgan fingerprint density at radius 3 is 2.75 bits per heavy atom. The van der Waals surface area contributed by atoms with Crippen molar-refractivity contribution < 1.29 is 9.53 Å². The number of hydrogen-bond acceptors (Lipinski definition) is 3. The maximum atomic E-state index is 10.9. The quantitative estimate of drug-likeness (QED) is 0.548. The number of ether oxygens (including phenoxy) is 1. The van der Waals surface area contributed by atoms with E-state index in [-0.39, 0.29) is 12.4 Å². The van der Waals surface area contributed by atoms with Crippen molar-refractivity contribution in [2.75, 3.05) is 25.2 Å². The van der Waals surface area contributed by atoms with Gasteiger partial charge in [-0.05, 0) is 24.3 Å². The maximum Gasteiger partial charge on any atom is 0.158 e. The van der Waals surface area contributed by atoms with Gasteiger partial charge in [0.15, 0.2) is 5.78 Å². The molecular weight excluding hydrogens is 172 g/mol. The molecular formula is C9H18O2S. The van der Waals surface area contributed by atoms with Crippen molar-refractivity contribution in [1.29, 1.82) is 0 Å². The molecule has 0 N–H and O–H groups in total. The SMILES string of the molecule is CCSCCCCC(=O)COC. The predicted octanol–water partition coefficient (Wildman–Crippen LogP) is 2.13. The highest BCUT2D eigenvalue weighted by molar-refractivity contribution is 7.99. The fraction of sp³-hybridized carbons (Fsp3) is 0.889. The summed E-state index contributed by atoms with van der Waals surface area (Å²) in [6, 6.07) is 0. The van der Waals surface area contributed by atoms with Gasteiger partial charge in [0, 0.05) is 13.5 Å². The third kappa shape index (κ3) is 8.08. The summed E-state index contributed by atoms with van der Waals surface area (Å²) in [5.41, 5.74) is 0. The van der Waals surface area contributed by atoms with E-state index < -0.39 is 0 Å². The largest absolute Gasteiger partial charge is 0.377 e. The number of carbonyl (C=O) groups is 1. The van der Waals surface area contributed by atoms with Crippen LogP contribution in [0.15, 0.2) is 0 Å². The number of ketones is 1. The fourth-order valence-electron chi connectivity index (χ4n) is 0.904. The summed E-state index contributed by atoms with van der Waals surface area (Å²) in [5, 5.41) is 0. The van der Waals surface area contributed by atoms with E-state index in [1.165, 1.54) is 11.5 Å². The van der Waals surface area contributed by atoms with Gasteiger partial charge in [-0.2, -0.15) is 11.8 Å². The number of carbonyl (C=O) groups excluding carboxylic acids is 1. The van der Waals surface area contributed by atoms with Crippen LogP contribution in [0.3, 0.4) is 0 Å². The summed E-state index contributed by atoms with van der Waals surface area (Å²) in [6.45, 7) is 2.43. The second-order valence-electron chi connectivity index (χ2n) is 2.63. The molecule has 0 saturated carbocycles. The lowest BCUT2D eigenvalue weighted by Gasteiger charge is -1.99. The van der Waals surface area contributed by atoms with Gasteiger partial charge < -0.3 is 4.74 Å². The van der Waals surface area contributed by atoms with Crippen LogP contribution in [0.4, 0.5) is 0 Å². The summed E-state index contributed by atoms with van der Waals surface area (Å²) < 4.78 is 4.73. The van der Waals surface area contributed by atoms with E-state index in [2.05, 4.69) is 6.92 Å². The molecule has 0 unspecified atom stereocenters. The predicted molar refractivity (Wildman–Crippen MR) is 53.7 cm³/mol. The van der Waals surface area contributed by atoms with Crippen molar-refractivity contribution in [3.8, 4) is 0 Å². The zero-order valence-corrected chi connectivity index (χ0v) is 8.78. The van der Waals surface area contributed by atoms with Crippen molar-refractivity contribution >= 4 is 17.5 Å². The zero-order chi connectivity index (χ0) is 9.23. The Bertz CT molecular complexity index is 115. The summed E-state index contributed by atoms with van der Waals surface area (Å²) in [4.78, 5) is 10.9. The van der Waals surface area contributed by atoms with Crippen molar-refractivity contribution in [1.82, 2.24) is 0 Å². The Kier molecular flexibility index (Phi) is 9.06. The Balaban J connectivity index is 3.03. The summed E-state index contributed by atoms with van der Waals surface area (Å²) >= 11 is 1.93. The highest BCUT2D eigenvalue weighted by Crippen LogP contribution is 2.05. The molecule has 12 heavy (non-hydrogen) atoms. The van der Waals surface area contributed by atoms with E-state index in [0.717, 1.165) is 12.8 Å². The van der Waals surface area contributed by atoms with E-state index in [1.807, 2.05) is 11.8 Å². The topological polar surface area (TPSA) is 26.3 Å². The Morgan fingerprint density at radius 2 is 2.17 bits per heavy atom. The van der Waals surface area contributed by atoms with Crippen LogP contribution >= 0.6 is 11.8 Å². The van der Waals surface area contributed by atoms with E-state index in [0.29, 0.717) is 6.42 Å². The Hall–Kier alpha value is -0.0200. The van der Waals surface area contributed by atoms with Crippen LogP contribution < -0.4 is 0 Å². The van der Waals surface area contributed by atoms with Crippen molar-refractivity contribution in [2.24, 2.45) is 0 Å². The van der Waals surface area contributed by atoms with Crippen molar-refractivity contribution in [2.45, 2.75) is 26.2 Å². The third-order valence-corrected chi connectivity index (χ3v) is 2.49. The maximum absolute atomic E-state index is 10.9. The molecule has 0 aromatic heterocycles. The zero-order valence-electron chi connectivity index (χ0n) is 7.97. The first-order valence-corrected chi connectivity index (χ1v) is 5.55. The molecule has 0 saturated heterocycles. The minimum absolute atomic E-state index is 0.221. The van der Waals surface area contributed by atoms with Gasteiger partial charge in [-0.15, -0.1) is 0 Å². The van der Waals surface area contributed by atoms with Gasteiger partial charge in [0.2, 0.25) is 0 Å². The molecule has 0 amide bonds. The molecule has 0 heterocycles. The number of methoxy groups -OCH3 is 1. The lowest BCUT2D eigenvalue weighted by atomic mass is 10.2. The smallest absolute Gasteiger partial charge is 0.158 e. The molecule has 0 aliphatic rings. The third-order valence-electron chi connectivity index (χ3n) is 1.50. The van der Waals surface area contributed by atoms with Gasteiger partial charge in [0.1, 0.15) is 6.61 Å². The van der Waals surface area contributed by atoms with E-state index in [1.54, 1.807) is 7.11 Å². The lowest BCUT2D eigenvalue weighted by molar-refractivity contribution is -0.122. The van der Waals surface area contributed by atoms with Crippen LogP contribution in [0.1, 0.15) is 26.2 Å². The van der Waals surface area contributed by atoms with Gasteiger partial charge in [-0.3, -0.25) is 4.79 Å². The van der Waals surface area contributed by atoms with Crippen LogP contribution in [0, 0.1) is 0 Å². The molecule has 3 heteroatoms. The van der Waals surface area contributed by atoms with Gasteiger partial charge in [-0.1, -0.05) is 6.92 Å². The highest BCUT2D eigenvalue weighted by atomic mass is 32.2. The molecule has 0 aliphatic carbocycles. The van der Waals surface area contributed by atoms with Gasteiger partial charge in [0.05, 0.1) is 0 Å². The van der Waals surface area contributed by atoms with E-state index >= 15 is 0 Å². The Morgan fingerprint density at radius 1 is 1.42 bits per heavy atom. The number of thioether (sulfide) groups is 1. The normalized spacial score (nSPS) is 10.2. The van der Waals surface area contributed by atoms with Crippen LogP contribution in [0.25, 0.3) is 0 Å². The molecule has 0 rings (SSSR count). The van der Waals surface area contributed by atoms with E-state index in [4.69, 9.17) is 4.74 Å². The fourth-order valence-corrected chi connectivity index (χ4v) is 1.60. The summed E-state index contributed by atoms with van der Waals surface area (Å²) in [7, 11) is 1.56. The van der Waals surface area contributed by atoms with Crippen LogP contribution in [0.5, 0.6) is 0 Å². The lowest BCUT2D eigenvalue weighted by Crippen LogP contribution is -2.05. The molecule has 0 aliphatic heterocycles. The van der Waals surface area contributed by atoms with Gasteiger partial charge in [-0.25, -0.2) is 0 Å². The monoisotopic (exact) mass is 190 g/mol. The first-order valence-electron chi connectivity index (χ1n) is 4.39. The van der Waals surface area contributed by atoms with Gasteiger partial charge >= 0.3 is 0 Å². The van der Waals surface area contributed by atoms with Crippen molar-refractivity contribution in [3.63, 3.8) is 0 Å². The summed E-state index contributed by atoms with van der Waals surface area (Å²) in [6.07, 6.45) is 2.83. The minimum Gasteiger partial charge on any atom is -0.377 e. The second-order valence-corrected chi connectivity index (χ2v) is 4.02. The minimum atomic E-state index is 0.221. The van der Waals surface area contributed by atoms with Crippen LogP contribution in [-0.4, -0.2) is 31.0 Å². The average molecular weight is 190 g/mol. The standard InChI is InChI=1S/C9H18O2S/c1-3-12-7-5-4-6-9(10)8-11-2/h3-8H2,1-2H3. The number of rotatable bonds is 8. The van der Waals surface area contributed by atoms with Gasteiger partial charge in [0.25, 0.3) is 0 Å². The highest BCUT2D eigenvalue weighted by Gasteiger charge is 1.99. The molecule has 0 radical (unpaired) electrons. The molecule has 2 nitrogen and oxygen atoms in total. The molecule has 0 fully saturated rings. The number of hydrogen-bond donors (Lipinski definition) is 0. The average Bonchev–Trinajstić information content (AvgIpc) is 2.05. The Labute approximate surface area is 79.1 Å². The first kappa shape index (κ1) is 12.0. The molecule has 0 bridgehead atoms. The second kappa shape index (κ2) is 9.07. The molecule has 0 atom stereocenters. The van der Waals surface area contributed by atoms with Crippen molar-refractivity contribution in [3.05, 3.63) is 0 Å². The van der Waals surface area contributed by atoms with Crippen LogP contribution in [0.2, 0.25) is 0 Å². The van der Waals surface area contributed by atoms with E-state index in [9.17, 15) is 4.79 Å².